The normalized spacial score (nSPS) is 10.4. The summed E-state index contributed by atoms with van der Waals surface area (Å²) in [6.45, 7) is 5.02. The fourth-order valence-electron chi connectivity index (χ4n) is 2.40. The van der Waals surface area contributed by atoms with Crippen molar-refractivity contribution in [2.24, 2.45) is 0 Å². The van der Waals surface area contributed by atoms with E-state index in [9.17, 15) is 4.79 Å². The third-order valence-corrected chi connectivity index (χ3v) is 3.72. The van der Waals surface area contributed by atoms with E-state index in [1.165, 1.54) is 0 Å². The van der Waals surface area contributed by atoms with E-state index >= 15 is 0 Å². The molecule has 4 heteroatoms. The molecule has 0 aromatic heterocycles. The van der Waals surface area contributed by atoms with Crippen LogP contribution in [0.25, 0.3) is 0 Å². The highest BCUT2D eigenvalue weighted by molar-refractivity contribution is 5.93. The lowest BCUT2D eigenvalue weighted by Crippen LogP contribution is -2.29. The van der Waals surface area contributed by atoms with Crippen LogP contribution >= 0.6 is 0 Å². The summed E-state index contributed by atoms with van der Waals surface area (Å²) in [4.78, 5) is 12.0. The third-order valence-electron chi connectivity index (χ3n) is 3.72. The first-order valence-corrected chi connectivity index (χ1v) is 7.80. The Hall–Kier alpha value is -2.33. The van der Waals surface area contributed by atoms with Crippen molar-refractivity contribution in [1.82, 2.24) is 5.32 Å². The number of carbonyl (C=O) groups excluding carboxylic acids is 1. The molecule has 23 heavy (non-hydrogen) atoms. The van der Waals surface area contributed by atoms with Gasteiger partial charge in [0.2, 0.25) is 5.91 Å². The van der Waals surface area contributed by atoms with Gasteiger partial charge >= 0.3 is 0 Å². The van der Waals surface area contributed by atoms with Crippen LogP contribution in [0.15, 0.2) is 42.5 Å². The molecule has 4 nitrogen and oxygen atoms in total. The quantitative estimate of drug-likeness (QED) is 0.773. The number of ether oxygens (including phenoxy) is 1. The number of rotatable bonds is 7. The summed E-state index contributed by atoms with van der Waals surface area (Å²) in [7, 11) is 1.67. The maximum absolute atomic E-state index is 12.0. The van der Waals surface area contributed by atoms with Gasteiger partial charge in [-0.15, -0.1) is 0 Å². The predicted octanol–water partition coefficient (Wildman–Crippen LogP) is 3.08. The van der Waals surface area contributed by atoms with Crippen molar-refractivity contribution in [3.8, 4) is 5.75 Å². The monoisotopic (exact) mass is 312 g/mol. The second-order valence-electron chi connectivity index (χ2n) is 5.61. The van der Waals surface area contributed by atoms with Gasteiger partial charge in [-0.25, -0.2) is 0 Å². The van der Waals surface area contributed by atoms with Gasteiger partial charge in [-0.1, -0.05) is 30.3 Å². The summed E-state index contributed by atoms with van der Waals surface area (Å²) in [5.74, 6) is 0.855. The SMILES string of the molecule is COc1ccccc1CCNCC(=O)Nc1cc(C)ccc1C. The van der Waals surface area contributed by atoms with Gasteiger partial charge < -0.3 is 15.4 Å². The van der Waals surface area contributed by atoms with Crippen LogP contribution in [0.3, 0.4) is 0 Å². The molecular formula is C19H24N2O2. The minimum absolute atomic E-state index is 0.0290. The largest absolute Gasteiger partial charge is 0.496 e. The number of nitrogens with one attached hydrogen (secondary N) is 2. The Kier molecular flexibility index (Phi) is 6.18. The van der Waals surface area contributed by atoms with Crippen molar-refractivity contribution in [2.75, 3.05) is 25.5 Å². The zero-order valence-corrected chi connectivity index (χ0v) is 14.0. The maximum Gasteiger partial charge on any atom is 0.238 e. The molecule has 0 spiro atoms. The minimum atomic E-state index is -0.0290. The Morgan fingerprint density at radius 2 is 1.91 bits per heavy atom. The summed E-state index contributed by atoms with van der Waals surface area (Å²) in [5, 5.41) is 6.12. The van der Waals surface area contributed by atoms with E-state index in [0.717, 1.165) is 41.1 Å². The molecule has 2 aromatic rings. The van der Waals surface area contributed by atoms with Gasteiger partial charge in [0.25, 0.3) is 0 Å². The summed E-state index contributed by atoms with van der Waals surface area (Å²) in [6.07, 6.45) is 0.820. The second kappa shape index (κ2) is 8.34. The molecule has 2 aromatic carbocycles. The van der Waals surface area contributed by atoms with E-state index < -0.39 is 0 Å². The van der Waals surface area contributed by atoms with Crippen molar-refractivity contribution >= 4 is 11.6 Å². The molecule has 0 radical (unpaired) electrons. The van der Waals surface area contributed by atoms with Gasteiger partial charge in [-0.3, -0.25) is 4.79 Å². The van der Waals surface area contributed by atoms with Crippen LogP contribution in [-0.4, -0.2) is 26.1 Å². The lowest BCUT2D eigenvalue weighted by atomic mass is 10.1. The molecule has 2 rings (SSSR count). The van der Waals surface area contributed by atoms with E-state index in [0.29, 0.717) is 6.54 Å². The molecule has 0 aliphatic carbocycles. The lowest BCUT2D eigenvalue weighted by molar-refractivity contribution is -0.115. The van der Waals surface area contributed by atoms with E-state index in [-0.39, 0.29) is 5.91 Å². The lowest BCUT2D eigenvalue weighted by Gasteiger charge is -2.11. The zero-order valence-electron chi connectivity index (χ0n) is 14.0. The molecule has 0 atom stereocenters. The summed E-state index contributed by atoms with van der Waals surface area (Å²) in [5.41, 5.74) is 4.21. The molecule has 0 aliphatic rings. The van der Waals surface area contributed by atoms with Gasteiger partial charge in [-0.2, -0.15) is 0 Å². The number of methoxy groups -OCH3 is 1. The van der Waals surface area contributed by atoms with Crippen LogP contribution in [0, 0.1) is 13.8 Å². The third kappa shape index (κ3) is 5.11. The van der Waals surface area contributed by atoms with Crippen molar-refractivity contribution in [3.63, 3.8) is 0 Å². The van der Waals surface area contributed by atoms with Crippen LogP contribution in [-0.2, 0) is 11.2 Å². The molecule has 0 saturated heterocycles. The van der Waals surface area contributed by atoms with Crippen molar-refractivity contribution in [3.05, 3.63) is 59.2 Å². The molecule has 2 N–H and O–H groups in total. The molecule has 0 bridgehead atoms. The van der Waals surface area contributed by atoms with Crippen LogP contribution in [0.2, 0.25) is 0 Å². The standard InChI is InChI=1S/C19H24N2O2/c1-14-8-9-15(2)17(12-14)21-19(22)13-20-11-10-16-6-4-5-7-18(16)23-3/h4-9,12,20H,10-11,13H2,1-3H3,(H,21,22). The summed E-state index contributed by atoms with van der Waals surface area (Å²) < 4.78 is 5.32. The number of para-hydroxylation sites is 1. The number of benzene rings is 2. The first-order chi connectivity index (χ1) is 11.1. The molecule has 1 amide bonds. The Balaban J connectivity index is 1.78. The average Bonchev–Trinajstić information content (AvgIpc) is 2.55. The highest BCUT2D eigenvalue weighted by Crippen LogP contribution is 2.17. The van der Waals surface area contributed by atoms with Gasteiger partial charge in [0.05, 0.1) is 13.7 Å². The highest BCUT2D eigenvalue weighted by atomic mass is 16.5. The van der Waals surface area contributed by atoms with Crippen LogP contribution in [0.4, 0.5) is 5.69 Å². The number of hydrogen-bond acceptors (Lipinski definition) is 3. The number of anilines is 1. The van der Waals surface area contributed by atoms with E-state index in [1.54, 1.807) is 7.11 Å². The van der Waals surface area contributed by atoms with Crippen LogP contribution in [0.5, 0.6) is 5.75 Å². The van der Waals surface area contributed by atoms with Crippen molar-refractivity contribution in [2.45, 2.75) is 20.3 Å². The van der Waals surface area contributed by atoms with Crippen molar-refractivity contribution < 1.29 is 9.53 Å². The molecule has 122 valence electrons. The molecule has 0 aliphatic heterocycles. The first kappa shape index (κ1) is 17.0. The minimum Gasteiger partial charge on any atom is -0.496 e. The molecule has 0 heterocycles. The predicted molar refractivity (Wildman–Crippen MR) is 94.1 cm³/mol. The van der Waals surface area contributed by atoms with Crippen LogP contribution in [0.1, 0.15) is 16.7 Å². The Morgan fingerprint density at radius 3 is 2.70 bits per heavy atom. The van der Waals surface area contributed by atoms with Gasteiger partial charge in [0.1, 0.15) is 5.75 Å². The van der Waals surface area contributed by atoms with E-state index in [1.807, 2.05) is 56.3 Å². The first-order valence-electron chi connectivity index (χ1n) is 7.80. The number of aryl methyl sites for hydroxylation is 2. The maximum atomic E-state index is 12.0. The van der Waals surface area contributed by atoms with Gasteiger partial charge in [0.15, 0.2) is 0 Å². The summed E-state index contributed by atoms with van der Waals surface area (Å²) >= 11 is 0. The topological polar surface area (TPSA) is 50.4 Å². The van der Waals surface area contributed by atoms with E-state index in [4.69, 9.17) is 4.74 Å². The fourth-order valence-corrected chi connectivity index (χ4v) is 2.40. The Labute approximate surface area is 137 Å². The van der Waals surface area contributed by atoms with Crippen molar-refractivity contribution in [1.29, 1.82) is 0 Å². The molecule has 0 saturated carbocycles. The van der Waals surface area contributed by atoms with Gasteiger partial charge in [0, 0.05) is 5.69 Å². The summed E-state index contributed by atoms with van der Waals surface area (Å²) in [6, 6.07) is 14.0. The van der Waals surface area contributed by atoms with Gasteiger partial charge in [-0.05, 0) is 55.6 Å². The smallest absolute Gasteiger partial charge is 0.238 e. The van der Waals surface area contributed by atoms with Crippen LogP contribution < -0.4 is 15.4 Å². The zero-order chi connectivity index (χ0) is 16.7. The van der Waals surface area contributed by atoms with E-state index in [2.05, 4.69) is 10.6 Å². The average molecular weight is 312 g/mol. The molecule has 0 fully saturated rings. The Bertz CT molecular complexity index is 668. The number of hydrogen-bond donors (Lipinski definition) is 2. The second-order valence-corrected chi connectivity index (χ2v) is 5.61. The Morgan fingerprint density at radius 1 is 1.13 bits per heavy atom. The fraction of sp³-hybridized carbons (Fsp3) is 0.316. The number of amides is 1. The number of carbonyl (C=O) groups is 1. The molecular weight excluding hydrogens is 288 g/mol. The highest BCUT2D eigenvalue weighted by Gasteiger charge is 2.05. The molecule has 0 unspecified atom stereocenters.